The molecule has 0 spiro atoms. The first-order valence-corrected chi connectivity index (χ1v) is 7.58. The summed E-state index contributed by atoms with van der Waals surface area (Å²) in [6.45, 7) is 0.113. The zero-order chi connectivity index (χ0) is 15.2. The van der Waals surface area contributed by atoms with Crippen LogP contribution in [0.15, 0.2) is 57.5 Å². The second-order valence-electron chi connectivity index (χ2n) is 4.16. The third-order valence-electron chi connectivity index (χ3n) is 2.69. The molecule has 21 heavy (non-hydrogen) atoms. The minimum atomic E-state index is -0.678. The Morgan fingerprint density at radius 2 is 1.52 bits per heavy atom. The van der Waals surface area contributed by atoms with E-state index in [2.05, 4.69) is 36.6 Å². The molecule has 0 aromatic heterocycles. The van der Waals surface area contributed by atoms with Crippen molar-refractivity contribution < 1.29 is 14.3 Å². The lowest BCUT2D eigenvalue weighted by Gasteiger charge is -2.03. The molecule has 4 nitrogen and oxygen atoms in total. The standard InChI is InChI=1S/C15H10Br2N2O2/c16-12-5-1-10(2-6-12)9-21-15(20)14(19-18)11-3-7-13(17)8-4-11/h1-8H,9H2. The third-order valence-corrected chi connectivity index (χ3v) is 3.75. The Morgan fingerprint density at radius 3 is 2.05 bits per heavy atom. The van der Waals surface area contributed by atoms with E-state index in [0.717, 1.165) is 14.5 Å². The van der Waals surface area contributed by atoms with Crippen LogP contribution < -0.4 is 0 Å². The second-order valence-corrected chi connectivity index (χ2v) is 5.99. The van der Waals surface area contributed by atoms with Crippen molar-refractivity contribution in [3.8, 4) is 0 Å². The molecular weight excluding hydrogens is 400 g/mol. The van der Waals surface area contributed by atoms with Gasteiger partial charge in [-0.2, -0.15) is 4.79 Å². The number of carbonyl (C=O) groups excluding carboxylic acids is 1. The molecule has 0 saturated heterocycles. The fraction of sp³-hybridized carbons (Fsp3) is 0.0667. The summed E-state index contributed by atoms with van der Waals surface area (Å²) < 4.78 is 6.97. The van der Waals surface area contributed by atoms with Crippen LogP contribution in [0.3, 0.4) is 0 Å². The summed E-state index contributed by atoms with van der Waals surface area (Å²) in [5.74, 6) is -0.678. The zero-order valence-electron chi connectivity index (χ0n) is 10.8. The van der Waals surface area contributed by atoms with Gasteiger partial charge in [0.25, 0.3) is 0 Å². The largest absolute Gasteiger partial charge is 0.452 e. The SMILES string of the molecule is [N-]=[N+]=C(C(=O)OCc1ccc(Br)cc1)c1ccc(Br)cc1. The molecule has 106 valence electrons. The monoisotopic (exact) mass is 408 g/mol. The fourth-order valence-corrected chi connectivity index (χ4v) is 2.15. The average molecular weight is 410 g/mol. The van der Waals surface area contributed by atoms with Gasteiger partial charge >= 0.3 is 11.7 Å². The van der Waals surface area contributed by atoms with Crippen LogP contribution in [0.2, 0.25) is 0 Å². The molecule has 0 N–H and O–H groups in total. The van der Waals surface area contributed by atoms with Gasteiger partial charge in [-0.15, -0.1) is 0 Å². The van der Waals surface area contributed by atoms with Gasteiger partial charge in [-0.3, -0.25) is 0 Å². The Hall–Kier alpha value is -1.75. The van der Waals surface area contributed by atoms with E-state index in [4.69, 9.17) is 10.3 Å². The minimum Gasteiger partial charge on any atom is -0.452 e. The second kappa shape index (κ2) is 7.31. The number of esters is 1. The highest BCUT2D eigenvalue weighted by atomic mass is 79.9. The van der Waals surface area contributed by atoms with Crippen molar-refractivity contribution >= 4 is 43.5 Å². The normalized spacial score (nSPS) is 9.81. The molecule has 2 aromatic carbocycles. The molecule has 0 radical (unpaired) electrons. The Balaban J connectivity index is 2.06. The van der Waals surface area contributed by atoms with Gasteiger partial charge in [0, 0.05) is 8.95 Å². The molecule has 0 unspecified atom stereocenters. The van der Waals surface area contributed by atoms with Crippen LogP contribution in [-0.2, 0) is 16.1 Å². The summed E-state index contributed by atoms with van der Waals surface area (Å²) >= 11 is 6.63. The maximum absolute atomic E-state index is 12.0. The van der Waals surface area contributed by atoms with Crippen LogP contribution >= 0.6 is 31.9 Å². The lowest BCUT2D eigenvalue weighted by molar-refractivity contribution is -0.141. The van der Waals surface area contributed by atoms with E-state index in [1.807, 2.05) is 24.3 Å². The summed E-state index contributed by atoms with van der Waals surface area (Å²) in [7, 11) is 0. The zero-order valence-corrected chi connectivity index (χ0v) is 14.0. The van der Waals surface area contributed by atoms with E-state index < -0.39 is 5.97 Å². The topological polar surface area (TPSA) is 62.7 Å². The van der Waals surface area contributed by atoms with Gasteiger partial charge in [-0.25, -0.2) is 4.79 Å². The van der Waals surface area contributed by atoms with Gasteiger partial charge in [-0.05, 0) is 42.0 Å². The third kappa shape index (κ3) is 4.36. The van der Waals surface area contributed by atoms with Crippen molar-refractivity contribution in [2.75, 3.05) is 0 Å². The van der Waals surface area contributed by atoms with E-state index in [1.54, 1.807) is 24.3 Å². The summed E-state index contributed by atoms with van der Waals surface area (Å²) in [4.78, 5) is 15.0. The van der Waals surface area contributed by atoms with Crippen molar-refractivity contribution in [1.29, 1.82) is 0 Å². The molecular formula is C15H10Br2N2O2. The number of ether oxygens (including phenoxy) is 1. The van der Waals surface area contributed by atoms with E-state index in [9.17, 15) is 4.79 Å². The van der Waals surface area contributed by atoms with Gasteiger partial charge in [0.05, 0.1) is 5.56 Å². The van der Waals surface area contributed by atoms with Crippen LogP contribution in [0.1, 0.15) is 11.1 Å². The molecule has 2 aromatic rings. The number of nitrogens with zero attached hydrogens (tertiary/aromatic N) is 2. The summed E-state index contributed by atoms with van der Waals surface area (Å²) in [6, 6.07) is 14.2. The van der Waals surface area contributed by atoms with Crippen molar-refractivity contribution in [2.45, 2.75) is 6.61 Å². The highest BCUT2D eigenvalue weighted by molar-refractivity contribution is 9.10. The fourth-order valence-electron chi connectivity index (χ4n) is 1.62. The predicted molar refractivity (Wildman–Crippen MR) is 85.8 cm³/mol. The average Bonchev–Trinajstić information content (AvgIpc) is 2.49. The summed E-state index contributed by atoms with van der Waals surface area (Å²) in [5.41, 5.74) is 10.2. The van der Waals surface area contributed by atoms with Gasteiger partial charge < -0.3 is 10.3 Å². The number of hydrogen-bond acceptors (Lipinski definition) is 2. The Morgan fingerprint density at radius 1 is 1.00 bits per heavy atom. The first-order chi connectivity index (χ1) is 10.1. The van der Waals surface area contributed by atoms with Crippen molar-refractivity contribution in [3.05, 3.63) is 74.1 Å². The van der Waals surface area contributed by atoms with Gasteiger partial charge in [0.15, 0.2) is 0 Å². The minimum absolute atomic E-state index is 0.113. The molecule has 2 rings (SSSR count). The molecule has 0 atom stereocenters. The molecule has 0 bridgehead atoms. The maximum Gasteiger partial charge on any atom is 0.422 e. The summed E-state index contributed by atoms with van der Waals surface area (Å²) in [6.07, 6.45) is 0. The Bertz CT molecular complexity index is 691. The molecule has 0 fully saturated rings. The number of halogens is 2. The number of hydrogen-bond donors (Lipinski definition) is 0. The van der Waals surface area contributed by atoms with Crippen LogP contribution in [0, 0.1) is 0 Å². The first kappa shape index (κ1) is 15.6. The molecule has 0 aliphatic carbocycles. The first-order valence-electron chi connectivity index (χ1n) is 5.99. The van der Waals surface area contributed by atoms with E-state index in [-0.39, 0.29) is 12.3 Å². The maximum atomic E-state index is 12.0. The highest BCUT2D eigenvalue weighted by Gasteiger charge is 2.24. The Labute approximate surface area is 138 Å². The van der Waals surface area contributed by atoms with Crippen molar-refractivity contribution in [1.82, 2.24) is 0 Å². The molecule has 0 aliphatic heterocycles. The van der Waals surface area contributed by atoms with Gasteiger partial charge in [-0.1, -0.05) is 44.0 Å². The smallest absolute Gasteiger partial charge is 0.422 e. The number of carbonyl (C=O) groups is 1. The molecule has 0 amide bonds. The van der Waals surface area contributed by atoms with Crippen LogP contribution in [0.4, 0.5) is 0 Å². The summed E-state index contributed by atoms with van der Waals surface area (Å²) in [5, 5.41) is 0. The van der Waals surface area contributed by atoms with E-state index >= 15 is 0 Å². The molecule has 6 heteroatoms. The van der Waals surface area contributed by atoms with Gasteiger partial charge in [0.2, 0.25) is 0 Å². The van der Waals surface area contributed by atoms with E-state index in [1.165, 1.54) is 0 Å². The van der Waals surface area contributed by atoms with Crippen LogP contribution in [-0.4, -0.2) is 16.5 Å². The lowest BCUT2D eigenvalue weighted by Crippen LogP contribution is -2.19. The molecule has 0 heterocycles. The van der Waals surface area contributed by atoms with Crippen molar-refractivity contribution in [2.24, 2.45) is 0 Å². The Kier molecular flexibility index (Phi) is 5.44. The van der Waals surface area contributed by atoms with Crippen LogP contribution in [0.5, 0.6) is 0 Å². The van der Waals surface area contributed by atoms with Crippen LogP contribution in [0.25, 0.3) is 5.53 Å². The number of benzene rings is 2. The highest BCUT2D eigenvalue weighted by Crippen LogP contribution is 2.13. The lowest BCUT2D eigenvalue weighted by atomic mass is 10.1. The molecule has 0 aliphatic rings. The number of rotatable bonds is 4. The van der Waals surface area contributed by atoms with Gasteiger partial charge in [0.1, 0.15) is 6.61 Å². The predicted octanol–water partition coefficient (Wildman–Crippen LogP) is 3.97. The quantitative estimate of drug-likeness (QED) is 0.332. The van der Waals surface area contributed by atoms with E-state index in [0.29, 0.717) is 5.56 Å². The van der Waals surface area contributed by atoms with Crippen molar-refractivity contribution in [3.63, 3.8) is 0 Å². The molecule has 0 saturated carbocycles.